The van der Waals surface area contributed by atoms with Crippen molar-refractivity contribution < 1.29 is 0 Å². The van der Waals surface area contributed by atoms with Gasteiger partial charge in [0.25, 0.3) is 0 Å². The highest BCUT2D eigenvalue weighted by Crippen LogP contribution is 2.46. The van der Waals surface area contributed by atoms with Crippen molar-refractivity contribution >= 4 is 35.3 Å². The summed E-state index contributed by atoms with van der Waals surface area (Å²) in [5.74, 6) is 0. The highest BCUT2D eigenvalue weighted by molar-refractivity contribution is 7.20. The normalized spacial score (nSPS) is 18.9. The predicted octanol–water partition coefficient (Wildman–Crippen LogP) is 5.32. The first-order valence-electron chi connectivity index (χ1n) is 6.37. The van der Waals surface area contributed by atoms with E-state index in [0.717, 1.165) is 0 Å². The molecule has 0 bridgehead atoms. The zero-order valence-corrected chi connectivity index (χ0v) is 12.8. The Morgan fingerprint density at radius 1 is 1.06 bits per heavy atom. The highest BCUT2D eigenvalue weighted by atomic mass is 35.6. The minimum Gasteiger partial charge on any atom is -0.167 e. The smallest absolute Gasteiger partial charge is 0.161 e. The van der Waals surface area contributed by atoms with Crippen molar-refractivity contribution in [3.8, 4) is 0 Å². The molecule has 0 saturated heterocycles. The van der Waals surface area contributed by atoms with Gasteiger partial charge in [-0.15, -0.1) is 0 Å². The van der Waals surface area contributed by atoms with Gasteiger partial charge in [0, 0.05) is 5.54 Å². The SMILES string of the molecule is CC1=Cc2ccc3ccccc3c2C1[Si](C)(C)Cl. The molecule has 0 aromatic heterocycles. The van der Waals surface area contributed by atoms with Gasteiger partial charge < -0.3 is 0 Å². The van der Waals surface area contributed by atoms with Crippen molar-refractivity contribution in [2.75, 3.05) is 0 Å². The van der Waals surface area contributed by atoms with Crippen LogP contribution in [0.5, 0.6) is 0 Å². The minimum absolute atomic E-state index is 0.445. The monoisotopic (exact) mass is 272 g/mol. The quantitative estimate of drug-likeness (QED) is 0.487. The Morgan fingerprint density at radius 2 is 1.78 bits per heavy atom. The molecule has 0 N–H and O–H groups in total. The van der Waals surface area contributed by atoms with Crippen LogP contribution in [-0.4, -0.2) is 7.38 Å². The molecule has 1 aliphatic rings. The van der Waals surface area contributed by atoms with Gasteiger partial charge >= 0.3 is 0 Å². The summed E-state index contributed by atoms with van der Waals surface area (Å²) in [5.41, 5.74) is 4.68. The van der Waals surface area contributed by atoms with Crippen LogP contribution < -0.4 is 0 Å². The lowest BCUT2D eigenvalue weighted by Crippen LogP contribution is -2.28. The zero-order chi connectivity index (χ0) is 12.9. The summed E-state index contributed by atoms with van der Waals surface area (Å²) >= 11 is 6.76. The summed E-state index contributed by atoms with van der Waals surface area (Å²) in [6.45, 7) is 6.71. The molecule has 0 nitrogen and oxygen atoms in total. The number of allylic oxidation sites excluding steroid dienone is 1. The molecule has 92 valence electrons. The molecule has 1 atom stereocenters. The van der Waals surface area contributed by atoms with Crippen LogP contribution in [-0.2, 0) is 0 Å². The maximum atomic E-state index is 6.76. The summed E-state index contributed by atoms with van der Waals surface area (Å²) in [4.78, 5) is 0. The van der Waals surface area contributed by atoms with Crippen molar-refractivity contribution in [3.05, 3.63) is 53.1 Å². The van der Waals surface area contributed by atoms with E-state index >= 15 is 0 Å². The molecule has 0 fully saturated rings. The summed E-state index contributed by atoms with van der Waals surface area (Å²) < 4.78 is 0. The molecular weight excluding hydrogens is 256 g/mol. The van der Waals surface area contributed by atoms with Crippen molar-refractivity contribution in [1.82, 2.24) is 0 Å². The Hall–Kier alpha value is -1.05. The molecule has 0 aliphatic heterocycles. The van der Waals surface area contributed by atoms with Gasteiger partial charge in [-0.3, -0.25) is 0 Å². The Bertz CT molecular complexity index is 650. The number of fused-ring (bicyclic) bond motifs is 3. The maximum Gasteiger partial charge on any atom is 0.161 e. The second-order valence-electron chi connectivity index (χ2n) is 5.68. The summed E-state index contributed by atoms with van der Waals surface area (Å²) in [7, 11) is -1.75. The van der Waals surface area contributed by atoms with Gasteiger partial charge in [-0.2, -0.15) is 11.1 Å². The summed E-state index contributed by atoms with van der Waals surface area (Å²) in [5, 5.41) is 2.69. The van der Waals surface area contributed by atoms with E-state index in [1.54, 1.807) is 0 Å². The largest absolute Gasteiger partial charge is 0.167 e. The lowest BCUT2D eigenvalue weighted by molar-refractivity contribution is 1.11. The topological polar surface area (TPSA) is 0 Å². The zero-order valence-electron chi connectivity index (χ0n) is 11.0. The number of halogens is 1. The van der Waals surface area contributed by atoms with Gasteiger partial charge in [0.2, 0.25) is 0 Å². The van der Waals surface area contributed by atoms with Crippen molar-refractivity contribution in [2.24, 2.45) is 0 Å². The molecule has 2 heteroatoms. The molecule has 0 radical (unpaired) electrons. The molecule has 0 saturated carbocycles. The van der Waals surface area contributed by atoms with E-state index in [1.165, 1.54) is 27.5 Å². The van der Waals surface area contributed by atoms with Gasteiger partial charge in [-0.25, -0.2) is 0 Å². The first kappa shape index (κ1) is 12.0. The predicted molar refractivity (Wildman–Crippen MR) is 83.7 cm³/mol. The Morgan fingerprint density at radius 3 is 2.50 bits per heavy atom. The fourth-order valence-electron chi connectivity index (χ4n) is 3.20. The van der Waals surface area contributed by atoms with Gasteiger partial charge in [0.05, 0.1) is 0 Å². The van der Waals surface area contributed by atoms with E-state index in [1.807, 2.05) is 0 Å². The molecule has 1 unspecified atom stereocenters. The van der Waals surface area contributed by atoms with E-state index in [4.69, 9.17) is 11.1 Å². The Kier molecular flexibility index (Phi) is 2.65. The Balaban J connectivity index is 2.33. The fraction of sp³-hybridized carbons (Fsp3) is 0.250. The minimum atomic E-state index is -1.75. The van der Waals surface area contributed by atoms with Gasteiger partial charge in [0.1, 0.15) is 0 Å². The lowest BCUT2D eigenvalue weighted by Gasteiger charge is -2.26. The summed E-state index contributed by atoms with van der Waals surface area (Å²) in [6.07, 6.45) is 2.31. The van der Waals surface area contributed by atoms with Gasteiger partial charge in [-0.05, 0) is 28.8 Å². The number of hydrogen-bond donors (Lipinski definition) is 0. The van der Waals surface area contributed by atoms with Gasteiger partial charge in [0.15, 0.2) is 7.38 Å². The molecule has 0 spiro atoms. The third kappa shape index (κ3) is 1.73. The third-order valence-electron chi connectivity index (χ3n) is 3.82. The second kappa shape index (κ2) is 3.97. The number of hydrogen-bond acceptors (Lipinski definition) is 0. The molecule has 18 heavy (non-hydrogen) atoms. The van der Waals surface area contributed by atoms with Crippen LogP contribution in [0.3, 0.4) is 0 Å². The van der Waals surface area contributed by atoms with E-state index in [-0.39, 0.29) is 0 Å². The van der Waals surface area contributed by atoms with Crippen LogP contribution in [0.4, 0.5) is 0 Å². The van der Waals surface area contributed by atoms with Crippen molar-refractivity contribution in [2.45, 2.75) is 25.6 Å². The first-order valence-corrected chi connectivity index (χ1v) is 10.5. The average molecular weight is 273 g/mol. The van der Waals surface area contributed by atoms with Gasteiger partial charge in [-0.1, -0.05) is 61.1 Å². The van der Waals surface area contributed by atoms with Crippen LogP contribution >= 0.6 is 11.1 Å². The number of rotatable bonds is 1. The van der Waals surface area contributed by atoms with Crippen molar-refractivity contribution in [3.63, 3.8) is 0 Å². The van der Waals surface area contributed by atoms with Crippen LogP contribution in [0.1, 0.15) is 23.6 Å². The fourth-order valence-corrected chi connectivity index (χ4v) is 6.22. The second-order valence-corrected chi connectivity index (χ2v) is 12.3. The van der Waals surface area contributed by atoms with E-state index in [0.29, 0.717) is 5.54 Å². The molecule has 2 aromatic rings. The third-order valence-corrected chi connectivity index (χ3v) is 6.59. The summed E-state index contributed by atoms with van der Waals surface area (Å²) in [6, 6.07) is 13.1. The lowest BCUT2D eigenvalue weighted by atomic mass is 10.00. The molecule has 1 aliphatic carbocycles. The van der Waals surface area contributed by atoms with Crippen molar-refractivity contribution in [1.29, 1.82) is 0 Å². The van der Waals surface area contributed by atoms with Crippen LogP contribution in [0.25, 0.3) is 16.8 Å². The molecular formula is C16H17ClSi. The van der Waals surface area contributed by atoms with E-state index in [9.17, 15) is 0 Å². The average Bonchev–Trinajstić information content (AvgIpc) is 2.65. The number of benzene rings is 2. The van der Waals surface area contributed by atoms with Crippen LogP contribution in [0.15, 0.2) is 42.0 Å². The first-order chi connectivity index (χ1) is 8.48. The molecule has 0 heterocycles. The van der Waals surface area contributed by atoms with Crippen LogP contribution in [0, 0.1) is 0 Å². The molecule has 0 amide bonds. The van der Waals surface area contributed by atoms with Crippen LogP contribution in [0.2, 0.25) is 13.1 Å². The van der Waals surface area contributed by atoms with E-state index < -0.39 is 7.38 Å². The standard InChI is InChI=1S/C16H17ClSi/c1-11-10-13-9-8-12-6-4-5-7-14(12)15(13)16(11)18(2,3)17/h4-10,16H,1-3H3. The highest BCUT2D eigenvalue weighted by Gasteiger charge is 2.37. The molecule has 3 rings (SSSR count). The molecule has 2 aromatic carbocycles. The maximum absolute atomic E-state index is 6.76. The Labute approximate surface area is 114 Å². The van der Waals surface area contributed by atoms with E-state index in [2.05, 4.69) is 62.5 Å².